The Hall–Kier alpha value is -2.33. The van der Waals surface area contributed by atoms with E-state index in [-0.39, 0.29) is 11.7 Å². The van der Waals surface area contributed by atoms with Gasteiger partial charge in [0.2, 0.25) is 5.91 Å². The minimum atomic E-state index is -0.135. The second-order valence-corrected chi connectivity index (χ2v) is 5.46. The van der Waals surface area contributed by atoms with Gasteiger partial charge in [-0.15, -0.1) is 0 Å². The highest BCUT2D eigenvalue weighted by Crippen LogP contribution is 2.26. The van der Waals surface area contributed by atoms with Crippen LogP contribution in [0.4, 0.5) is 11.4 Å². The van der Waals surface area contributed by atoms with Gasteiger partial charge in [0.1, 0.15) is 0 Å². The van der Waals surface area contributed by atoms with Gasteiger partial charge in [-0.2, -0.15) is 0 Å². The highest BCUT2D eigenvalue weighted by Gasteiger charge is 2.17. The van der Waals surface area contributed by atoms with E-state index >= 15 is 0 Å². The van der Waals surface area contributed by atoms with Crippen LogP contribution >= 0.6 is 11.6 Å². The Labute approximate surface area is 126 Å². The zero-order chi connectivity index (χ0) is 15.0. The van der Waals surface area contributed by atoms with Crippen molar-refractivity contribution in [3.05, 3.63) is 58.1 Å². The molecule has 0 unspecified atom stereocenters. The van der Waals surface area contributed by atoms with E-state index in [1.54, 1.807) is 30.3 Å². The fraction of sp³-hybridized carbons (Fsp3) is 0.125. The molecule has 2 aromatic carbocycles. The van der Waals surface area contributed by atoms with Crippen LogP contribution in [0.15, 0.2) is 36.4 Å². The monoisotopic (exact) mass is 300 g/mol. The van der Waals surface area contributed by atoms with Gasteiger partial charge in [0.15, 0.2) is 5.78 Å². The third-order valence-electron chi connectivity index (χ3n) is 3.45. The van der Waals surface area contributed by atoms with Crippen LogP contribution in [0.25, 0.3) is 0 Å². The first-order chi connectivity index (χ1) is 10.0. The van der Waals surface area contributed by atoms with Gasteiger partial charge in [0.25, 0.3) is 0 Å². The summed E-state index contributed by atoms with van der Waals surface area (Å²) in [4.78, 5) is 23.8. The number of anilines is 2. The molecular weight excluding hydrogens is 288 g/mol. The number of carbonyl (C=O) groups excluding carboxylic acids is 2. The van der Waals surface area contributed by atoms with Crippen molar-refractivity contribution in [2.24, 2.45) is 0 Å². The van der Waals surface area contributed by atoms with Gasteiger partial charge in [-0.25, -0.2) is 0 Å². The molecule has 0 spiro atoms. The van der Waals surface area contributed by atoms with Gasteiger partial charge < -0.3 is 11.1 Å². The van der Waals surface area contributed by atoms with Crippen molar-refractivity contribution in [2.45, 2.75) is 12.8 Å². The van der Waals surface area contributed by atoms with Crippen molar-refractivity contribution in [3.8, 4) is 0 Å². The number of aryl methyl sites for hydroxylation is 1. The molecule has 0 fully saturated rings. The first kappa shape index (κ1) is 13.6. The number of halogens is 1. The minimum Gasteiger partial charge on any atom is -0.399 e. The molecule has 3 N–H and O–H groups in total. The number of ketones is 1. The molecule has 1 heterocycles. The Bertz CT molecular complexity index is 736. The summed E-state index contributed by atoms with van der Waals surface area (Å²) in [5.41, 5.74) is 8.93. The van der Waals surface area contributed by atoms with Crippen molar-refractivity contribution in [1.29, 1.82) is 0 Å². The lowest BCUT2D eigenvalue weighted by molar-refractivity contribution is -0.116. The van der Waals surface area contributed by atoms with Gasteiger partial charge in [-0.3, -0.25) is 9.59 Å². The fourth-order valence-electron chi connectivity index (χ4n) is 2.43. The number of amides is 1. The normalized spacial score (nSPS) is 13.5. The first-order valence-corrected chi connectivity index (χ1v) is 6.94. The summed E-state index contributed by atoms with van der Waals surface area (Å²) in [6.07, 6.45) is 1.08. The molecule has 21 heavy (non-hydrogen) atoms. The molecule has 2 aromatic rings. The van der Waals surface area contributed by atoms with E-state index in [2.05, 4.69) is 5.32 Å². The minimum absolute atomic E-state index is 0.00388. The molecule has 106 valence electrons. The summed E-state index contributed by atoms with van der Waals surface area (Å²) in [6.45, 7) is 0. The largest absolute Gasteiger partial charge is 0.399 e. The molecule has 0 atom stereocenters. The number of hydrogen-bond acceptors (Lipinski definition) is 3. The quantitative estimate of drug-likeness (QED) is 0.661. The van der Waals surface area contributed by atoms with E-state index in [0.717, 1.165) is 11.3 Å². The molecule has 3 rings (SSSR count). The van der Waals surface area contributed by atoms with Crippen LogP contribution < -0.4 is 11.1 Å². The Morgan fingerprint density at radius 2 is 1.90 bits per heavy atom. The van der Waals surface area contributed by atoms with Crippen LogP contribution in [0.1, 0.15) is 27.9 Å². The second kappa shape index (κ2) is 5.22. The lowest BCUT2D eigenvalue weighted by Crippen LogP contribution is -2.19. The zero-order valence-corrected chi connectivity index (χ0v) is 11.9. The smallest absolute Gasteiger partial charge is 0.224 e. The van der Waals surface area contributed by atoms with Crippen LogP contribution in [-0.2, 0) is 11.2 Å². The molecule has 0 aromatic heterocycles. The number of benzene rings is 2. The maximum Gasteiger partial charge on any atom is 0.224 e. The van der Waals surface area contributed by atoms with Crippen molar-refractivity contribution < 1.29 is 9.59 Å². The average Bonchev–Trinajstić information content (AvgIpc) is 2.45. The molecule has 4 nitrogen and oxygen atoms in total. The molecule has 1 aliphatic rings. The molecule has 5 heteroatoms. The second-order valence-electron chi connectivity index (χ2n) is 5.02. The van der Waals surface area contributed by atoms with E-state index < -0.39 is 0 Å². The van der Waals surface area contributed by atoms with E-state index in [1.807, 2.05) is 6.07 Å². The summed E-state index contributed by atoms with van der Waals surface area (Å²) >= 11 is 5.93. The van der Waals surface area contributed by atoms with Gasteiger partial charge in [-0.05, 0) is 48.4 Å². The molecular formula is C16H13ClN2O2. The Morgan fingerprint density at radius 3 is 2.67 bits per heavy atom. The lowest BCUT2D eigenvalue weighted by Gasteiger charge is -2.17. The summed E-state index contributed by atoms with van der Waals surface area (Å²) in [6, 6.07) is 10.1. The van der Waals surface area contributed by atoms with Gasteiger partial charge in [0, 0.05) is 33.9 Å². The summed E-state index contributed by atoms with van der Waals surface area (Å²) in [5.74, 6) is -0.131. The van der Waals surface area contributed by atoms with Crippen molar-refractivity contribution >= 4 is 34.7 Å². The number of hydrogen-bond donors (Lipinski definition) is 2. The number of fused-ring (bicyclic) bond motifs is 1. The van der Waals surface area contributed by atoms with Crippen LogP contribution in [0.3, 0.4) is 0 Å². The molecule has 1 aliphatic heterocycles. The van der Waals surface area contributed by atoms with Crippen LogP contribution in [0.5, 0.6) is 0 Å². The van der Waals surface area contributed by atoms with E-state index in [9.17, 15) is 9.59 Å². The third-order valence-corrected chi connectivity index (χ3v) is 3.66. The summed E-state index contributed by atoms with van der Waals surface area (Å²) in [7, 11) is 0. The topological polar surface area (TPSA) is 72.2 Å². The summed E-state index contributed by atoms with van der Waals surface area (Å²) in [5, 5.41) is 3.23. The van der Waals surface area contributed by atoms with E-state index in [0.29, 0.717) is 34.7 Å². The molecule has 0 aliphatic carbocycles. The third kappa shape index (κ3) is 2.76. The lowest BCUT2D eigenvalue weighted by atomic mass is 9.96. The Kier molecular flexibility index (Phi) is 3.39. The van der Waals surface area contributed by atoms with Crippen molar-refractivity contribution in [1.82, 2.24) is 0 Å². The zero-order valence-electron chi connectivity index (χ0n) is 11.2. The molecule has 0 saturated heterocycles. The van der Waals surface area contributed by atoms with Gasteiger partial charge in [0.05, 0.1) is 0 Å². The molecule has 0 radical (unpaired) electrons. The first-order valence-electron chi connectivity index (χ1n) is 6.56. The number of nitrogen functional groups attached to an aromatic ring is 1. The Morgan fingerprint density at radius 1 is 1.10 bits per heavy atom. The van der Waals surface area contributed by atoms with Crippen LogP contribution in [-0.4, -0.2) is 11.7 Å². The number of nitrogens with two attached hydrogens (primary N) is 1. The average molecular weight is 301 g/mol. The molecule has 1 amide bonds. The van der Waals surface area contributed by atoms with Gasteiger partial charge in [-0.1, -0.05) is 11.6 Å². The fourth-order valence-corrected chi connectivity index (χ4v) is 2.68. The predicted octanol–water partition coefficient (Wildman–Crippen LogP) is 3.04. The van der Waals surface area contributed by atoms with E-state index in [4.69, 9.17) is 17.3 Å². The predicted molar refractivity (Wildman–Crippen MR) is 82.7 cm³/mol. The highest BCUT2D eigenvalue weighted by molar-refractivity contribution is 6.31. The standard InChI is InChI=1S/C16H13ClN2O2/c17-12-6-11(7-13(18)8-12)16(21)10-1-3-14-9(5-10)2-4-15(20)19-14/h1,3,5-8H,2,4,18H2,(H,19,20). The number of rotatable bonds is 2. The molecule has 0 saturated carbocycles. The Balaban J connectivity index is 1.97. The van der Waals surface area contributed by atoms with Crippen molar-refractivity contribution in [2.75, 3.05) is 11.1 Å². The SMILES string of the molecule is Nc1cc(Cl)cc(C(=O)c2ccc3c(c2)CCC(=O)N3)c1. The van der Waals surface area contributed by atoms with E-state index in [1.165, 1.54) is 0 Å². The molecule has 0 bridgehead atoms. The van der Waals surface area contributed by atoms with Crippen LogP contribution in [0, 0.1) is 0 Å². The maximum absolute atomic E-state index is 12.5. The highest BCUT2D eigenvalue weighted by atomic mass is 35.5. The van der Waals surface area contributed by atoms with Crippen molar-refractivity contribution in [3.63, 3.8) is 0 Å². The van der Waals surface area contributed by atoms with Crippen LogP contribution in [0.2, 0.25) is 5.02 Å². The summed E-state index contributed by atoms with van der Waals surface area (Å²) < 4.78 is 0. The number of carbonyl (C=O) groups is 2. The van der Waals surface area contributed by atoms with Gasteiger partial charge >= 0.3 is 0 Å². The number of nitrogens with one attached hydrogen (secondary N) is 1. The maximum atomic E-state index is 12.5.